The fourth-order valence-electron chi connectivity index (χ4n) is 3.00. The summed E-state index contributed by atoms with van der Waals surface area (Å²) in [5.41, 5.74) is 2.15. The predicted molar refractivity (Wildman–Crippen MR) is 91.9 cm³/mol. The van der Waals surface area contributed by atoms with E-state index >= 15 is 0 Å². The maximum absolute atomic E-state index is 12.9. The Labute approximate surface area is 147 Å². The van der Waals surface area contributed by atoms with E-state index in [0.717, 1.165) is 29.4 Å². The Morgan fingerprint density at radius 3 is 3.09 bits per heavy atom. The molecule has 1 aromatic carbocycles. The largest absolute Gasteiger partial charge is 0.307 e. The van der Waals surface area contributed by atoms with Crippen LogP contribution >= 0.6 is 27.7 Å². The third-order valence-corrected chi connectivity index (χ3v) is 7.27. The molecule has 1 aromatic heterocycles. The van der Waals surface area contributed by atoms with E-state index in [1.54, 1.807) is 16.3 Å². The molecule has 0 saturated heterocycles. The lowest BCUT2D eigenvalue weighted by Gasteiger charge is -2.27. The lowest BCUT2D eigenvalue weighted by Crippen LogP contribution is -2.42. The van der Waals surface area contributed by atoms with Gasteiger partial charge in [0.2, 0.25) is 0 Å². The van der Waals surface area contributed by atoms with Crippen LogP contribution in [0, 0.1) is 0 Å². The number of halogens is 1. The van der Waals surface area contributed by atoms with Crippen molar-refractivity contribution in [2.75, 3.05) is 12.3 Å². The van der Waals surface area contributed by atoms with Gasteiger partial charge in [-0.3, -0.25) is 5.32 Å². The van der Waals surface area contributed by atoms with Crippen molar-refractivity contribution in [2.24, 2.45) is 0 Å². The summed E-state index contributed by atoms with van der Waals surface area (Å²) < 4.78 is 30.7. The smallest absolute Gasteiger partial charge is 0.260 e. The number of thioether (sulfide) groups is 1. The van der Waals surface area contributed by atoms with Gasteiger partial charge in [0.05, 0.1) is 6.17 Å². The summed E-state index contributed by atoms with van der Waals surface area (Å²) in [4.78, 5) is 4.30. The van der Waals surface area contributed by atoms with Crippen LogP contribution in [0.15, 0.2) is 39.1 Å². The Kier molecular flexibility index (Phi) is 4.01. The van der Waals surface area contributed by atoms with E-state index < -0.39 is 16.2 Å². The van der Waals surface area contributed by atoms with Gasteiger partial charge in [-0.1, -0.05) is 36.0 Å². The lowest BCUT2D eigenvalue weighted by molar-refractivity contribution is 0.465. The summed E-state index contributed by atoms with van der Waals surface area (Å²) >= 11 is 4.86. The zero-order valence-electron chi connectivity index (χ0n) is 12.1. The van der Waals surface area contributed by atoms with Crippen molar-refractivity contribution in [2.45, 2.75) is 29.3 Å². The van der Waals surface area contributed by atoms with Crippen LogP contribution in [0.4, 0.5) is 0 Å². The number of imidazole rings is 1. The third-order valence-electron chi connectivity index (χ3n) is 4.03. The van der Waals surface area contributed by atoms with Crippen molar-refractivity contribution >= 4 is 37.7 Å². The van der Waals surface area contributed by atoms with E-state index in [2.05, 4.69) is 31.0 Å². The van der Waals surface area contributed by atoms with Crippen molar-refractivity contribution in [3.63, 3.8) is 0 Å². The van der Waals surface area contributed by atoms with Gasteiger partial charge >= 0.3 is 0 Å². The van der Waals surface area contributed by atoms with Crippen LogP contribution in [-0.2, 0) is 23.0 Å². The Balaban J connectivity index is 1.70. The molecule has 1 unspecified atom stereocenters. The van der Waals surface area contributed by atoms with Gasteiger partial charge in [0, 0.05) is 18.8 Å². The zero-order chi connectivity index (χ0) is 16.0. The van der Waals surface area contributed by atoms with Gasteiger partial charge in [0.25, 0.3) is 10.0 Å². The Morgan fingerprint density at radius 1 is 1.39 bits per heavy atom. The number of benzene rings is 1. The molecule has 2 aromatic rings. The molecule has 9 heteroatoms. The first kappa shape index (κ1) is 15.6. The number of hydrogen-bond donors (Lipinski definition) is 2. The van der Waals surface area contributed by atoms with Gasteiger partial charge in [-0.15, -0.1) is 0 Å². The highest BCUT2D eigenvalue weighted by Gasteiger charge is 2.32. The first-order valence-electron chi connectivity index (χ1n) is 7.28. The molecule has 1 atom stereocenters. The lowest BCUT2D eigenvalue weighted by atomic mass is 9.99. The second-order valence-corrected chi connectivity index (χ2v) is 8.89. The minimum Gasteiger partial charge on any atom is -0.307 e. The summed E-state index contributed by atoms with van der Waals surface area (Å²) in [6.45, 7) is 1.40. The summed E-state index contributed by atoms with van der Waals surface area (Å²) in [5, 5.41) is 4.20. The monoisotopic (exact) mass is 414 g/mol. The molecule has 0 bridgehead atoms. The number of nitrogens with one attached hydrogen (secondary N) is 2. The zero-order valence-corrected chi connectivity index (χ0v) is 15.3. The second kappa shape index (κ2) is 5.89. The molecule has 6 nitrogen and oxygen atoms in total. The summed E-state index contributed by atoms with van der Waals surface area (Å²) in [6, 6.07) is 7.91. The molecule has 23 heavy (non-hydrogen) atoms. The number of sulfonamides is 1. The van der Waals surface area contributed by atoms with E-state index in [4.69, 9.17) is 0 Å². The van der Waals surface area contributed by atoms with E-state index in [1.165, 1.54) is 5.56 Å². The maximum Gasteiger partial charge on any atom is 0.260 e. The molecular weight excluding hydrogens is 400 g/mol. The van der Waals surface area contributed by atoms with Gasteiger partial charge in [0.15, 0.2) is 10.2 Å². The SMILES string of the molecule is O=S(=O)(NC1NCCc2ccccc21)c1c(Br)nc2n1CCS2. The van der Waals surface area contributed by atoms with Crippen molar-refractivity contribution in [3.05, 3.63) is 40.0 Å². The van der Waals surface area contributed by atoms with Crippen LogP contribution in [0.1, 0.15) is 17.3 Å². The van der Waals surface area contributed by atoms with Crippen LogP contribution in [0.3, 0.4) is 0 Å². The molecule has 0 radical (unpaired) electrons. The molecule has 0 saturated carbocycles. The fourth-order valence-corrected chi connectivity index (χ4v) is 6.52. The molecule has 2 aliphatic heterocycles. The normalized spacial score (nSPS) is 20.3. The van der Waals surface area contributed by atoms with Crippen LogP contribution in [0.5, 0.6) is 0 Å². The van der Waals surface area contributed by atoms with Crippen LogP contribution in [0.25, 0.3) is 0 Å². The first-order chi connectivity index (χ1) is 11.1. The van der Waals surface area contributed by atoms with Gasteiger partial charge < -0.3 is 4.57 Å². The van der Waals surface area contributed by atoms with E-state index in [0.29, 0.717) is 11.1 Å². The maximum atomic E-state index is 12.9. The average molecular weight is 415 g/mol. The molecule has 3 heterocycles. The highest BCUT2D eigenvalue weighted by Crippen LogP contribution is 2.34. The number of fused-ring (bicyclic) bond motifs is 2. The van der Waals surface area contributed by atoms with E-state index in [9.17, 15) is 8.42 Å². The van der Waals surface area contributed by atoms with Crippen LogP contribution in [-0.4, -0.2) is 30.3 Å². The molecule has 2 aliphatic rings. The standard InChI is InChI=1S/C14H15BrN4O2S2/c15-11-13(19-7-8-22-14(19)17-11)23(20,21)18-12-10-4-2-1-3-9(10)5-6-16-12/h1-4,12,16,18H,5-8H2. The van der Waals surface area contributed by atoms with Crippen molar-refractivity contribution in [1.82, 2.24) is 19.6 Å². The first-order valence-corrected chi connectivity index (χ1v) is 10.5. The van der Waals surface area contributed by atoms with Crippen LogP contribution in [0.2, 0.25) is 0 Å². The van der Waals surface area contributed by atoms with E-state index in [1.807, 2.05) is 24.3 Å². The molecule has 0 aliphatic carbocycles. The fraction of sp³-hybridized carbons (Fsp3) is 0.357. The third kappa shape index (κ3) is 2.74. The predicted octanol–water partition coefficient (Wildman–Crippen LogP) is 1.87. The van der Waals surface area contributed by atoms with Gasteiger partial charge in [-0.25, -0.2) is 13.4 Å². The minimum absolute atomic E-state index is 0.211. The van der Waals surface area contributed by atoms with E-state index in [-0.39, 0.29) is 5.03 Å². The number of aromatic nitrogens is 2. The van der Waals surface area contributed by atoms with Crippen molar-refractivity contribution in [1.29, 1.82) is 0 Å². The highest BCUT2D eigenvalue weighted by atomic mass is 79.9. The molecule has 0 amide bonds. The molecule has 122 valence electrons. The Hall–Kier alpha value is -0.870. The average Bonchev–Trinajstić information content (AvgIpc) is 3.06. The van der Waals surface area contributed by atoms with Crippen molar-refractivity contribution < 1.29 is 8.42 Å². The van der Waals surface area contributed by atoms with Gasteiger partial charge in [0.1, 0.15) is 4.60 Å². The molecule has 0 fully saturated rings. The van der Waals surface area contributed by atoms with Crippen molar-refractivity contribution in [3.8, 4) is 0 Å². The number of nitrogens with zero attached hydrogens (tertiary/aromatic N) is 2. The summed E-state index contributed by atoms with van der Waals surface area (Å²) in [7, 11) is -3.69. The molecule has 0 spiro atoms. The second-order valence-electron chi connectivity index (χ2n) is 5.45. The Morgan fingerprint density at radius 2 is 2.22 bits per heavy atom. The van der Waals surface area contributed by atoms with Gasteiger partial charge in [-0.2, -0.15) is 4.72 Å². The summed E-state index contributed by atoms with van der Waals surface area (Å²) in [6.07, 6.45) is 0.480. The number of hydrogen-bond acceptors (Lipinski definition) is 5. The molecule has 4 rings (SSSR count). The molecule has 2 N–H and O–H groups in total. The quantitative estimate of drug-likeness (QED) is 0.801. The van der Waals surface area contributed by atoms with Gasteiger partial charge in [-0.05, 0) is 33.5 Å². The summed E-state index contributed by atoms with van der Waals surface area (Å²) in [5.74, 6) is 0.850. The van der Waals surface area contributed by atoms with Crippen LogP contribution < -0.4 is 10.0 Å². The minimum atomic E-state index is -3.69. The molecular formula is C14H15BrN4O2S2. The topological polar surface area (TPSA) is 76.0 Å². The highest BCUT2D eigenvalue weighted by molar-refractivity contribution is 9.10. The number of rotatable bonds is 3. The Bertz CT molecular complexity index is 866.